The lowest BCUT2D eigenvalue weighted by Gasteiger charge is -2.14. The fourth-order valence-electron chi connectivity index (χ4n) is 1.80. The van der Waals surface area contributed by atoms with Gasteiger partial charge in [0.2, 0.25) is 0 Å². The minimum atomic E-state index is 0.336. The third kappa shape index (κ3) is 2.50. The van der Waals surface area contributed by atoms with E-state index < -0.39 is 0 Å². The molecule has 2 rings (SSSR count). The van der Waals surface area contributed by atoms with E-state index in [0.29, 0.717) is 11.3 Å². The molecule has 0 fully saturated rings. The predicted octanol–water partition coefficient (Wildman–Crippen LogP) is 1.83. The molecule has 0 saturated carbocycles. The number of aromatic nitrogens is 1. The van der Waals surface area contributed by atoms with Crippen LogP contribution in [0.5, 0.6) is 0 Å². The molecule has 2 heterocycles. The maximum atomic E-state index is 5.75. The van der Waals surface area contributed by atoms with Crippen molar-refractivity contribution >= 4 is 16.9 Å². The summed E-state index contributed by atoms with van der Waals surface area (Å²) >= 11 is 1.71. The van der Waals surface area contributed by atoms with Crippen LogP contribution in [0.15, 0.2) is 29.5 Å². The molecule has 0 aliphatic carbocycles. The highest BCUT2D eigenvalue weighted by atomic mass is 32.2. The zero-order valence-electron chi connectivity index (χ0n) is 8.76. The Morgan fingerprint density at radius 2 is 2.13 bits per heavy atom. The number of nitrogens with two attached hydrogens (primary N) is 1. The Hall–Kier alpha value is -1.03. The monoisotopic (exact) mass is 221 g/mol. The van der Waals surface area contributed by atoms with Gasteiger partial charge in [-0.1, -0.05) is 18.7 Å². The van der Waals surface area contributed by atoms with E-state index in [2.05, 4.69) is 16.9 Å². The van der Waals surface area contributed by atoms with Crippen LogP contribution in [0.4, 0.5) is 0 Å². The van der Waals surface area contributed by atoms with Gasteiger partial charge in [-0.25, -0.2) is 0 Å². The summed E-state index contributed by atoms with van der Waals surface area (Å²) in [5.41, 5.74) is 7.03. The van der Waals surface area contributed by atoms with E-state index in [0.717, 1.165) is 18.0 Å². The SMILES string of the molecule is CCC1SC(N)=NC1Cc1ccncc1. The van der Waals surface area contributed by atoms with E-state index in [1.807, 2.05) is 24.5 Å². The predicted molar refractivity (Wildman–Crippen MR) is 65.0 cm³/mol. The van der Waals surface area contributed by atoms with E-state index in [4.69, 9.17) is 5.73 Å². The molecule has 0 saturated heterocycles. The molecule has 2 atom stereocenters. The fraction of sp³-hybridized carbons (Fsp3) is 0.455. The number of rotatable bonds is 3. The van der Waals surface area contributed by atoms with Gasteiger partial charge < -0.3 is 5.73 Å². The Morgan fingerprint density at radius 3 is 2.80 bits per heavy atom. The van der Waals surface area contributed by atoms with Crippen LogP contribution < -0.4 is 5.73 Å². The zero-order chi connectivity index (χ0) is 10.7. The lowest BCUT2D eigenvalue weighted by Crippen LogP contribution is -2.19. The first-order valence-corrected chi connectivity index (χ1v) is 6.06. The summed E-state index contributed by atoms with van der Waals surface area (Å²) < 4.78 is 0. The largest absolute Gasteiger partial charge is 0.379 e. The van der Waals surface area contributed by atoms with Crippen molar-refractivity contribution in [3.05, 3.63) is 30.1 Å². The van der Waals surface area contributed by atoms with Gasteiger partial charge in [0, 0.05) is 17.6 Å². The molecule has 2 N–H and O–H groups in total. The van der Waals surface area contributed by atoms with Crippen molar-refractivity contribution in [2.75, 3.05) is 0 Å². The van der Waals surface area contributed by atoms with Crippen LogP contribution >= 0.6 is 11.8 Å². The molecular formula is C11H15N3S. The van der Waals surface area contributed by atoms with Crippen LogP contribution in [-0.4, -0.2) is 21.4 Å². The second kappa shape index (κ2) is 4.66. The van der Waals surface area contributed by atoms with Crippen molar-refractivity contribution in [2.45, 2.75) is 31.1 Å². The fourth-order valence-corrected chi connectivity index (χ4v) is 2.79. The quantitative estimate of drug-likeness (QED) is 0.847. The standard InChI is InChI=1S/C11H15N3S/c1-2-10-9(14-11(12)15-10)7-8-3-5-13-6-4-8/h3-6,9-10H,2,7H2,1H3,(H2,12,14). The van der Waals surface area contributed by atoms with E-state index in [1.165, 1.54) is 5.56 Å². The molecule has 15 heavy (non-hydrogen) atoms. The summed E-state index contributed by atoms with van der Waals surface area (Å²) in [5.74, 6) is 0. The maximum absolute atomic E-state index is 5.75. The topological polar surface area (TPSA) is 51.3 Å². The normalized spacial score (nSPS) is 25.3. The van der Waals surface area contributed by atoms with Crippen molar-refractivity contribution in [2.24, 2.45) is 10.7 Å². The molecular weight excluding hydrogens is 206 g/mol. The molecule has 0 radical (unpaired) electrons. The van der Waals surface area contributed by atoms with Crippen LogP contribution in [-0.2, 0) is 6.42 Å². The van der Waals surface area contributed by atoms with E-state index in [1.54, 1.807) is 11.8 Å². The highest BCUT2D eigenvalue weighted by Crippen LogP contribution is 2.29. The number of amidine groups is 1. The number of aliphatic imine (C=N–C) groups is 1. The molecule has 0 bridgehead atoms. The van der Waals surface area contributed by atoms with Crippen molar-refractivity contribution in [1.82, 2.24) is 4.98 Å². The van der Waals surface area contributed by atoms with Gasteiger partial charge in [-0.15, -0.1) is 0 Å². The van der Waals surface area contributed by atoms with Crippen molar-refractivity contribution in [3.63, 3.8) is 0 Å². The summed E-state index contributed by atoms with van der Waals surface area (Å²) in [6.07, 6.45) is 5.73. The lowest BCUT2D eigenvalue weighted by molar-refractivity contribution is 0.630. The highest BCUT2D eigenvalue weighted by Gasteiger charge is 2.27. The molecule has 1 aromatic heterocycles. The van der Waals surface area contributed by atoms with Crippen LogP contribution in [0.2, 0.25) is 0 Å². The third-order valence-electron chi connectivity index (χ3n) is 2.59. The van der Waals surface area contributed by atoms with Crippen molar-refractivity contribution in [3.8, 4) is 0 Å². The summed E-state index contributed by atoms with van der Waals surface area (Å²) in [6, 6.07) is 4.42. The Bertz CT molecular complexity index is 350. The van der Waals surface area contributed by atoms with Gasteiger partial charge in [0.1, 0.15) is 0 Å². The van der Waals surface area contributed by atoms with Gasteiger partial charge in [-0.3, -0.25) is 9.98 Å². The van der Waals surface area contributed by atoms with Crippen LogP contribution in [0.1, 0.15) is 18.9 Å². The molecule has 1 aliphatic rings. The number of nitrogens with zero attached hydrogens (tertiary/aromatic N) is 2. The molecule has 3 nitrogen and oxygen atoms in total. The minimum absolute atomic E-state index is 0.336. The Balaban J connectivity index is 2.05. The van der Waals surface area contributed by atoms with Gasteiger partial charge in [0.15, 0.2) is 5.17 Å². The summed E-state index contributed by atoms with van der Waals surface area (Å²) in [6.45, 7) is 2.19. The van der Waals surface area contributed by atoms with Crippen LogP contribution in [0.25, 0.3) is 0 Å². The molecule has 0 amide bonds. The molecule has 4 heteroatoms. The van der Waals surface area contributed by atoms with Crippen LogP contribution in [0, 0.1) is 0 Å². The highest BCUT2D eigenvalue weighted by molar-refractivity contribution is 8.14. The van der Waals surface area contributed by atoms with E-state index in [-0.39, 0.29) is 0 Å². The smallest absolute Gasteiger partial charge is 0.154 e. The van der Waals surface area contributed by atoms with Crippen molar-refractivity contribution < 1.29 is 0 Å². The summed E-state index contributed by atoms with van der Waals surface area (Å²) in [4.78, 5) is 8.48. The zero-order valence-corrected chi connectivity index (χ0v) is 9.57. The molecule has 0 aromatic carbocycles. The number of thioether (sulfide) groups is 1. The number of pyridine rings is 1. The van der Waals surface area contributed by atoms with E-state index >= 15 is 0 Å². The molecule has 2 unspecified atom stereocenters. The van der Waals surface area contributed by atoms with Crippen LogP contribution in [0.3, 0.4) is 0 Å². The summed E-state index contributed by atoms with van der Waals surface area (Å²) in [7, 11) is 0. The lowest BCUT2D eigenvalue weighted by atomic mass is 10.0. The molecule has 1 aromatic rings. The number of hydrogen-bond acceptors (Lipinski definition) is 4. The molecule has 1 aliphatic heterocycles. The maximum Gasteiger partial charge on any atom is 0.154 e. The first kappa shape index (κ1) is 10.5. The minimum Gasteiger partial charge on any atom is -0.379 e. The van der Waals surface area contributed by atoms with Gasteiger partial charge in [-0.2, -0.15) is 0 Å². The van der Waals surface area contributed by atoms with Gasteiger partial charge in [-0.05, 0) is 30.5 Å². The van der Waals surface area contributed by atoms with E-state index in [9.17, 15) is 0 Å². The average Bonchev–Trinajstić information content (AvgIpc) is 2.60. The number of hydrogen-bond donors (Lipinski definition) is 1. The molecule has 80 valence electrons. The first-order chi connectivity index (χ1) is 7.29. The van der Waals surface area contributed by atoms with Gasteiger partial charge >= 0.3 is 0 Å². The van der Waals surface area contributed by atoms with Gasteiger partial charge in [0.05, 0.1) is 6.04 Å². The third-order valence-corrected chi connectivity index (χ3v) is 3.89. The average molecular weight is 221 g/mol. The first-order valence-electron chi connectivity index (χ1n) is 5.18. The Kier molecular flexibility index (Phi) is 3.26. The summed E-state index contributed by atoms with van der Waals surface area (Å²) in [5, 5.41) is 1.28. The second-order valence-corrected chi connectivity index (χ2v) is 4.92. The Labute approximate surface area is 94.2 Å². The van der Waals surface area contributed by atoms with Gasteiger partial charge in [0.25, 0.3) is 0 Å². The molecule has 0 spiro atoms. The second-order valence-electron chi connectivity index (χ2n) is 3.66. The Morgan fingerprint density at radius 1 is 1.40 bits per heavy atom. The van der Waals surface area contributed by atoms with Crippen molar-refractivity contribution in [1.29, 1.82) is 0 Å².